The zero-order valence-electron chi connectivity index (χ0n) is 17.1. The van der Waals surface area contributed by atoms with Gasteiger partial charge < -0.3 is 15.1 Å². The van der Waals surface area contributed by atoms with E-state index in [-0.39, 0.29) is 17.4 Å². The molecule has 2 aliphatic heterocycles. The molecule has 29 heavy (non-hydrogen) atoms. The van der Waals surface area contributed by atoms with E-state index in [1.807, 2.05) is 17.0 Å². The summed E-state index contributed by atoms with van der Waals surface area (Å²) in [4.78, 5) is 38.7. The smallest absolute Gasteiger partial charge is 0.294 e. The van der Waals surface area contributed by atoms with Crippen LogP contribution in [0.25, 0.3) is 11.2 Å². The highest BCUT2D eigenvalue weighted by atomic mass is 16.2. The Bertz CT molecular complexity index is 921. The molecule has 2 aromatic heterocycles. The van der Waals surface area contributed by atoms with Gasteiger partial charge in [0.1, 0.15) is 5.52 Å². The topological polar surface area (TPSA) is 83.4 Å². The molecule has 8 heteroatoms. The lowest BCUT2D eigenvalue weighted by Crippen LogP contribution is -2.46. The number of anilines is 1. The van der Waals surface area contributed by atoms with E-state index in [1.165, 1.54) is 19.3 Å². The van der Waals surface area contributed by atoms with Crippen molar-refractivity contribution in [2.75, 3.05) is 44.2 Å². The van der Waals surface area contributed by atoms with Crippen molar-refractivity contribution < 1.29 is 4.79 Å². The number of hydrogen-bond donors (Lipinski definition) is 1. The standard InChI is InChI=1S/C21H30N6O2/c1-25-18-17(8-5-9-22-18)24-19(21(25)29)27-13-6-7-16(15-27)20(28)23-10-14-26-11-3-2-4-12-26/h5,8-9,16H,2-4,6-7,10-15H2,1H3,(H,23,28). The maximum absolute atomic E-state index is 12.8. The molecule has 2 saturated heterocycles. The molecule has 4 rings (SSSR count). The van der Waals surface area contributed by atoms with Gasteiger partial charge in [0, 0.05) is 39.4 Å². The zero-order valence-corrected chi connectivity index (χ0v) is 17.1. The summed E-state index contributed by atoms with van der Waals surface area (Å²) in [6, 6.07) is 3.68. The molecule has 4 heterocycles. The quantitative estimate of drug-likeness (QED) is 0.813. The van der Waals surface area contributed by atoms with Crippen molar-refractivity contribution >= 4 is 22.9 Å². The normalized spacial score (nSPS) is 20.7. The van der Waals surface area contributed by atoms with Gasteiger partial charge in [0.25, 0.3) is 5.56 Å². The number of hydrogen-bond acceptors (Lipinski definition) is 6. The van der Waals surface area contributed by atoms with Gasteiger partial charge in [0.15, 0.2) is 11.5 Å². The van der Waals surface area contributed by atoms with Crippen LogP contribution in [0.15, 0.2) is 23.1 Å². The Hall–Kier alpha value is -2.48. The van der Waals surface area contributed by atoms with Crippen LogP contribution in [0.4, 0.5) is 5.82 Å². The Kier molecular flexibility index (Phi) is 6.08. The van der Waals surface area contributed by atoms with Crippen LogP contribution < -0.4 is 15.8 Å². The average molecular weight is 399 g/mol. The summed E-state index contributed by atoms with van der Waals surface area (Å²) in [7, 11) is 1.72. The fourth-order valence-electron chi connectivity index (χ4n) is 4.40. The fourth-order valence-corrected chi connectivity index (χ4v) is 4.40. The number of rotatable bonds is 5. The second kappa shape index (κ2) is 8.90. The van der Waals surface area contributed by atoms with Gasteiger partial charge in [-0.3, -0.25) is 14.2 Å². The van der Waals surface area contributed by atoms with E-state index in [4.69, 9.17) is 0 Å². The van der Waals surface area contributed by atoms with E-state index >= 15 is 0 Å². The highest BCUT2D eigenvalue weighted by molar-refractivity contribution is 5.79. The third-order valence-electron chi connectivity index (χ3n) is 6.07. The number of piperidine rings is 2. The molecule has 1 unspecified atom stereocenters. The number of pyridine rings is 1. The van der Waals surface area contributed by atoms with Gasteiger partial charge in [-0.25, -0.2) is 9.97 Å². The first-order valence-electron chi connectivity index (χ1n) is 10.7. The van der Waals surface area contributed by atoms with Crippen molar-refractivity contribution in [3.63, 3.8) is 0 Å². The summed E-state index contributed by atoms with van der Waals surface area (Å²) in [5.41, 5.74) is 1.10. The van der Waals surface area contributed by atoms with E-state index < -0.39 is 0 Å². The van der Waals surface area contributed by atoms with Crippen molar-refractivity contribution in [2.45, 2.75) is 32.1 Å². The minimum atomic E-state index is -0.164. The molecule has 0 saturated carbocycles. The first-order chi connectivity index (χ1) is 14.1. The van der Waals surface area contributed by atoms with Crippen LogP contribution in [0.1, 0.15) is 32.1 Å². The molecule has 8 nitrogen and oxygen atoms in total. The number of likely N-dealkylation sites (tertiary alicyclic amines) is 1. The van der Waals surface area contributed by atoms with E-state index in [9.17, 15) is 9.59 Å². The Labute approximate surface area is 170 Å². The van der Waals surface area contributed by atoms with Crippen LogP contribution in [-0.2, 0) is 11.8 Å². The van der Waals surface area contributed by atoms with E-state index in [0.717, 1.165) is 39.0 Å². The van der Waals surface area contributed by atoms with Gasteiger partial charge in [0.05, 0.1) is 5.92 Å². The number of nitrogens with one attached hydrogen (secondary N) is 1. The van der Waals surface area contributed by atoms with Gasteiger partial charge in [-0.15, -0.1) is 0 Å². The molecule has 0 radical (unpaired) electrons. The molecule has 1 atom stereocenters. The minimum absolute atomic E-state index is 0.0889. The third-order valence-corrected chi connectivity index (χ3v) is 6.07. The second-order valence-corrected chi connectivity index (χ2v) is 8.12. The third kappa shape index (κ3) is 4.42. The summed E-state index contributed by atoms with van der Waals surface area (Å²) < 4.78 is 1.54. The van der Waals surface area contributed by atoms with E-state index in [2.05, 4.69) is 20.2 Å². The fraction of sp³-hybridized carbons (Fsp3) is 0.619. The summed E-state index contributed by atoms with van der Waals surface area (Å²) in [6.45, 7) is 5.16. The number of fused-ring (bicyclic) bond motifs is 1. The zero-order chi connectivity index (χ0) is 20.2. The summed E-state index contributed by atoms with van der Waals surface area (Å²) >= 11 is 0. The number of carbonyl (C=O) groups is 1. The Morgan fingerprint density at radius 3 is 2.86 bits per heavy atom. The van der Waals surface area contributed by atoms with Gasteiger partial charge in [-0.1, -0.05) is 6.42 Å². The average Bonchev–Trinajstić information content (AvgIpc) is 2.77. The SMILES string of the molecule is Cn1c(=O)c(N2CCCC(C(=O)NCCN3CCCCC3)C2)nc2cccnc21. The van der Waals surface area contributed by atoms with Gasteiger partial charge in [0.2, 0.25) is 5.91 Å². The molecule has 2 aliphatic rings. The molecule has 0 spiro atoms. The highest BCUT2D eigenvalue weighted by Crippen LogP contribution is 2.21. The van der Waals surface area contributed by atoms with Crippen molar-refractivity contribution in [2.24, 2.45) is 13.0 Å². The number of aryl methyl sites for hydroxylation is 1. The van der Waals surface area contributed by atoms with Gasteiger partial charge >= 0.3 is 0 Å². The molecular formula is C21H30N6O2. The highest BCUT2D eigenvalue weighted by Gasteiger charge is 2.28. The van der Waals surface area contributed by atoms with Crippen molar-refractivity contribution in [1.82, 2.24) is 24.8 Å². The van der Waals surface area contributed by atoms with Crippen molar-refractivity contribution in [1.29, 1.82) is 0 Å². The molecule has 0 bridgehead atoms. The largest absolute Gasteiger partial charge is 0.355 e. The molecule has 0 aliphatic carbocycles. The van der Waals surface area contributed by atoms with Crippen LogP contribution in [-0.4, -0.2) is 64.6 Å². The maximum atomic E-state index is 12.8. The number of amides is 1. The summed E-state index contributed by atoms with van der Waals surface area (Å²) in [5.74, 6) is 0.394. The molecule has 1 amide bonds. The monoisotopic (exact) mass is 398 g/mol. The van der Waals surface area contributed by atoms with Crippen molar-refractivity contribution in [3.8, 4) is 0 Å². The second-order valence-electron chi connectivity index (χ2n) is 8.12. The molecule has 1 N–H and O–H groups in total. The van der Waals surface area contributed by atoms with Crippen molar-refractivity contribution in [3.05, 3.63) is 28.7 Å². The molecule has 156 valence electrons. The molecule has 2 fully saturated rings. The Morgan fingerprint density at radius 1 is 1.21 bits per heavy atom. The lowest BCUT2D eigenvalue weighted by Gasteiger charge is -2.33. The van der Waals surface area contributed by atoms with Crippen LogP contribution in [0, 0.1) is 5.92 Å². The number of nitrogens with zero attached hydrogens (tertiary/aromatic N) is 5. The van der Waals surface area contributed by atoms with Gasteiger partial charge in [-0.2, -0.15) is 0 Å². The minimum Gasteiger partial charge on any atom is -0.355 e. The lowest BCUT2D eigenvalue weighted by atomic mass is 9.97. The summed E-state index contributed by atoms with van der Waals surface area (Å²) in [5, 5.41) is 3.11. The summed E-state index contributed by atoms with van der Waals surface area (Å²) in [6.07, 6.45) is 7.22. The van der Waals surface area contributed by atoms with E-state index in [1.54, 1.807) is 17.8 Å². The Balaban J connectivity index is 1.40. The number of carbonyl (C=O) groups excluding carboxylic acids is 1. The maximum Gasteiger partial charge on any atom is 0.294 e. The first kappa shape index (κ1) is 19.8. The van der Waals surface area contributed by atoms with Crippen LogP contribution in [0.3, 0.4) is 0 Å². The first-order valence-corrected chi connectivity index (χ1v) is 10.7. The predicted octanol–water partition coefficient (Wildman–Crippen LogP) is 1.15. The number of aromatic nitrogens is 3. The lowest BCUT2D eigenvalue weighted by molar-refractivity contribution is -0.125. The van der Waals surface area contributed by atoms with Crippen LogP contribution in [0.5, 0.6) is 0 Å². The van der Waals surface area contributed by atoms with Gasteiger partial charge in [-0.05, 0) is 50.9 Å². The molecule has 2 aromatic rings. The molecule has 0 aromatic carbocycles. The predicted molar refractivity (Wildman–Crippen MR) is 113 cm³/mol. The van der Waals surface area contributed by atoms with Crippen LogP contribution >= 0.6 is 0 Å². The molecular weight excluding hydrogens is 368 g/mol. The Morgan fingerprint density at radius 2 is 2.03 bits per heavy atom. The van der Waals surface area contributed by atoms with E-state index in [0.29, 0.717) is 30.1 Å². The van der Waals surface area contributed by atoms with Crippen LogP contribution in [0.2, 0.25) is 0 Å².